The number of hydrogen-bond acceptors (Lipinski definition) is 5. The second-order valence-corrected chi connectivity index (χ2v) is 9.09. The Kier molecular flexibility index (Phi) is 5.64. The quantitative estimate of drug-likeness (QED) is 0.504. The molecule has 1 N–H and O–H groups in total. The molecule has 1 aromatic heterocycles. The lowest BCUT2D eigenvalue weighted by Gasteiger charge is -2.22. The molecule has 0 unspecified atom stereocenters. The van der Waals surface area contributed by atoms with Crippen LogP contribution in [0.2, 0.25) is 0 Å². The van der Waals surface area contributed by atoms with Crippen molar-refractivity contribution in [2.75, 3.05) is 0 Å². The Morgan fingerprint density at radius 3 is 2.47 bits per heavy atom. The summed E-state index contributed by atoms with van der Waals surface area (Å²) in [5.41, 5.74) is 1.51. The fourth-order valence-corrected chi connectivity index (χ4v) is 3.91. The summed E-state index contributed by atoms with van der Waals surface area (Å²) in [4.78, 5) is 41.8. The summed E-state index contributed by atoms with van der Waals surface area (Å²) in [6.45, 7) is 5.38. The number of rotatable bonds is 4. The van der Waals surface area contributed by atoms with Gasteiger partial charge in [0.1, 0.15) is 18.0 Å². The molecule has 0 atom stereocenters. The third-order valence-electron chi connectivity index (χ3n) is 4.77. The lowest BCUT2D eigenvalue weighted by Crippen LogP contribution is -2.41. The van der Waals surface area contributed by atoms with Crippen molar-refractivity contribution >= 4 is 50.3 Å². The molecule has 164 valence electrons. The largest absolute Gasteiger partial charge is 0.489 e. The summed E-state index contributed by atoms with van der Waals surface area (Å²) < 4.78 is 11.1. The molecule has 7 nitrogen and oxygen atoms in total. The van der Waals surface area contributed by atoms with Gasteiger partial charge in [0.15, 0.2) is 0 Å². The third kappa shape index (κ3) is 4.18. The molecular weight excluding hydrogens is 476 g/mol. The van der Waals surface area contributed by atoms with Crippen LogP contribution in [0.4, 0.5) is 4.79 Å². The number of benzene rings is 2. The van der Waals surface area contributed by atoms with Crippen molar-refractivity contribution in [1.29, 1.82) is 0 Å². The molecular formula is C24H21BrN2O5. The smallest absolute Gasteiger partial charge is 0.424 e. The fraction of sp³-hybridized carbons (Fsp3) is 0.208. The molecule has 0 bridgehead atoms. The highest BCUT2D eigenvalue weighted by Gasteiger charge is 2.44. The van der Waals surface area contributed by atoms with E-state index in [2.05, 4.69) is 20.9 Å². The van der Waals surface area contributed by atoms with Crippen molar-refractivity contribution in [1.82, 2.24) is 9.88 Å². The zero-order valence-electron chi connectivity index (χ0n) is 17.8. The second kappa shape index (κ2) is 8.27. The number of imide groups is 3. The minimum absolute atomic E-state index is 0.00451. The Bertz CT molecular complexity index is 1250. The maximum absolute atomic E-state index is 13.1. The van der Waals surface area contributed by atoms with Crippen LogP contribution in [-0.2, 0) is 20.9 Å². The van der Waals surface area contributed by atoms with E-state index in [1.165, 1.54) is 0 Å². The predicted molar refractivity (Wildman–Crippen MR) is 123 cm³/mol. The molecule has 1 aliphatic rings. The van der Waals surface area contributed by atoms with Crippen molar-refractivity contribution in [2.24, 2.45) is 0 Å². The van der Waals surface area contributed by atoms with Crippen molar-refractivity contribution in [2.45, 2.75) is 33.0 Å². The number of nitrogens with zero attached hydrogens (tertiary/aromatic N) is 1. The number of carbonyl (C=O) groups excluding carboxylic acids is 3. The molecule has 4 rings (SSSR count). The Morgan fingerprint density at radius 1 is 1.06 bits per heavy atom. The second-order valence-electron chi connectivity index (χ2n) is 8.30. The summed E-state index contributed by atoms with van der Waals surface area (Å²) in [6.07, 6.45) is 0.623. The van der Waals surface area contributed by atoms with E-state index in [0.717, 1.165) is 11.1 Å². The number of H-pyrrole nitrogens is 1. The Morgan fingerprint density at radius 2 is 1.78 bits per heavy atom. The van der Waals surface area contributed by atoms with Crippen LogP contribution in [-0.4, -0.2) is 33.4 Å². The first-order valence-corrected chi connectivity index (χ1v) is 10.7. The molecule has 2 heterocycles. The highest BCUT2D eigenvalue weighted by molar-refractivity contribution is 9.12. The third-order valence-corrected chi connectivity index (χ3v) is 5.51. The standard InChI is InChI=1S/C24H21BrN2O5/c1-24(2,3)32-23(30)27-21(28)19(20(25)22(27)29)17-12-26-18-10-9-15(11-16(17)18)31-13-14-7-5-4-6-8-14/h4-12,26H,13H2,1-3H3. The average Bonchev–Trinajstić information content (AvgIpc) is 3.23. The van der Waals surface area contributed by atoms with Gasteiger partial charge in [-0.3, -0.25) is 9.59 Å². The van der Waals surface area contributed by atoms with Crippen LogP contribution in [0, 0.1) is 0 Å². The Labute approximate surface area is 193 Å². The molecule has 0 fully saturated rings. The van der Waals surface area contributed by atoms with E-state index in [1.54, 1.807) is 33.0 Å². The van der Waals surface area contributed by atoms with Gasteiger partial charge in [0.25, 0.3) is 11.8 Å². The van der Waals surface area contributed by atoms with Gasteiger partial charge in [0.2, 0.25) is 0 Å². The first-order chi connectivity index (χ1) is 15.2. The van der Waals surface area contributed by atoms with Crippen LogP contribution < -0.4 is 4.74 Å². The molecule has 0 saturated heterocycles. The molecule has 1 aliphatic heterocycles. The maximum atomic E-state index is 13.1. The van der Waals surface area contributed by atoms with Crippen LogP contribution in [0.25, 0.3) is 16.5 Å². The minimum atomic E-state index is -1.01. The van der Waals surface area contributed by atoms with Gasteiger partial charge in [-0.15, -0.1) is 0 Å². The number of aromatic amines is 1. The fourth-order valence-electron chi connectivity index (χ4n) is 3.35. The van der Waals surface area contributed by atoms with Gasteiger partial charge in [-0.2, -0.15) is 4.90 Å². The van der Waals surface area contributed by atoms with E-state index < -0.39 is 23.5 Å². The average molecular weight is 497 g/mol. The number of fused-ring (bicyclic) bond motifs is 1. The molecule has 3 aromatic rings. The summed E-state index contributed by atoms with van der Waals surface area (Å²) in [7, 11) is 0. The summed E-state index contributed by atoms with van der Waals surface area (Å²) in [5, 5.41) is 0.690. The van der Waals surface area contributed by atoms with Gasteiger partial charge in [-0.1, -0.05) is 30.3 Å². The molecule has 0 spiro atoms. The maximum Gasteiger partial charge on any atom is 0.424 e. The van der Waals surface area contributed by atoms with Crippen LogP contribution in [0.3, 0.4) is 0 Å². The van der Waals surface area contributed by atoms with Crippen LogP contribution in [0.15, 0.2) is 59.2 Å². The van der Waals surface area contributed by atoms with Crippen molar-refractivity contribution in [3.8, 4) is 5.75 Å². The lowest BCUT2D eigenvalue weighted by atomic mass is 10.1. The minimum Gasteiger partial charge on any atom is -0.489 e. The number of amides is 3. The van der Waals surface area contributed by atoms with E-state index in [9.17, 15) is 14.4 Å². The first kappa shape index (κ1) is 21.8. The molecule has 2 aromatic carbocycles. The first-order valence-electron chi connectivity index (χ1n) is 9.95. The SMILES string of the molecule is CC(C)(C)OC(=O)N1C(=O)C(Br)=C(c2c[nH]c3ccc(OCc4ccccc4)cc23)C1=O. The van der Waals surface area contributed by atoms with Gasteiger partial charge in [0, 0.05) is 22.7 Å². The highest BCUT2D eigenvalue weighted by atomic mass is 79.9. The van der Waals surface area contributed by atoms with E-state index >= 15 is 0 Å². The number of hydrogen-bond donors (Lipinski definition) is 1. The van der Waals surface area contributed by atoms with E-state index in [-0.39, 0.29) is 10.1 Å². The van der Waals surface area contributed by atoms with Crippen molar-refractivity contribution in [3.05, 3.63) is 70.3 Å². The topological polar surface area (TPSA) is 88.7 Å². The number of halogens is 1. The molecule has 0 aliphatic carbocycles. The van der Waals surface area contributed by atoms with Crippen LogP contribution in [0.1, 0.15) is 31.9 Å². The molecule has 32 heavy (non-hydrogen) atoms. The van der Waals surface area contributed by atoms with Gasteiger partial charge in [-0.05, 0) is 60.5 Å². The number of carbonyl (C=O) groups is 3. The number of ether oxygens (including phenoxy) is 2. The normalized spacial score (nSPS) is 14.4. The van der Waals surface area contributed by atoms with Gasteiger partial charge in [-0.25, -0.2) is 4.79 Å². The summed E-state index contributed by atoms with van der Waals surface area (Å²) >= 11 is 3.20. The Hall–Kier alpha value is -3.39. The molecule has 8 heteroatoms. The van der Waals surface area contributed by atoms with Crippen molar-refractivity contribution < 1.29 is 23.9 Å². The van der Waals surface area contributed by atoms with E-state index in [1.807, 2.05) is 42.5 Å². The lowest BCUT2D eigenvalue weighted by molar-refractivity contribution is -0.135. The highest BCUT2D eigenvalue weighted by Crippen LogP contribution is 2.38. The molecule has 3 amide bonds. The van der Waals surface area contributed by atoms with Gasteiger partial charge < -0.3 is 14.5 Å². The van der Waals surface area contributed by atoms with E-state index in [0.29, 0.717) is 28.2 Å². The van der Waals surface area contributed by atoms with Crippen LogP contribution in [0.5, 0.6) is 5.75 Å². The zero-order valence-corrected chi connectivity index (χ0v) is 19.4. The van der Waals surface area contributed by atoms with Crippen LogP contribution >= 0.6 is 15.9 Å². The summed E-state index contributed by atoms with van der Waals surface area (Å²) in [6, 6.07) is 15.2. The van der Waals surface area contributed by atoms with Gasteiger partial charge >= 0.3 is 6.09 Å². The number of nitrogens with one attached hydrogen (secondary N) is 1. The Balaban J connectivity index is 1.64. The zero-order chi connectivity index (χ0) is 23.0. The summed E-state index contributed by atoms with van der Waals surface area (Å²) in [5.74, 6) is -0.891. The molecule has 0 radical (unpaired) electrons. The van der Waals surface area contributed by atoms with Gasteiger partial charge in [0.05, 0.1) is 10.1 Å². The number of aromatic nitrogens is 1. The monoisotopic (exact) mass is 496 g/mol. The predicted octanol–water partition coefficient (Wildman–Crippen LogP) is 5.16. The molecule has 0 saturated carbocycles. The van der Waals surface area contributed by atoms with Crippen molar-refractivity contribution in [3.63, 3.8) is 0 Å². The van der Waals surface area contributed by atoms with E-state index in [4.69, 9.17) is 9.47 Å².